The van der Waals surface area contributed by atoms with Crippen LogP contribution < -0.4 is 25.3 Å². The Morgan fingerprint density at radius 1 is 0.964 bits per heavy atom. The Balaban J connectivity index is 2.06. The molecule has 2 amide bonds. The van der Waals surface area contributed by atoms with E-state index in [1.807, 2.05) is 27.9 Å². The Bertz CT molecular complexity index is 637. The van der Waals surface area contributed by atoms with Crippen LogP contribution in [-0.2, 0) is 9.59 Å². The Morgan fingerprint density at radius 2 is 1.50 bits per heavy atom. The summed E-state index contributed by atoms with van der Waals surface area (Å²) in [7, 11) is 6.27. The van der Waals surface area contributed by atoms with E-state index in [4.69, 9.17) is 0 Å². The van der Waals surface area contributed by atoms with Crippen LogP contribution in [0.3, 0.4) is 0 Å². The molecule has 0 saturated carbocycles. The topological polar surface area (TPSA) is 70.3 Å². The standard InChI is InChI=1S/C21H35N5O2/c1-16(2)14-22-20(27)21(28)23-15-19(26-12-10-25(5)11-13-26)17-6-8-18(9-7-17)24(3)4/h6-9,16,19H,10-15H2,1-5H3,(H,22,27)(H,23,28)/p+2/t19-/m1/s1. The molecule has 0 bridgehead atoms. The van der Waals surface area contributed by atoms with Crippen molar-refractivity contribution in [2.75, 3.05) is 65.3 Å². The van der Waals surface area contributed by atoms with Gasteiger partial charge < -0.3 is 25.3 Å². The number of carbonyl (C=O) groups is 2. The molecule has 28 heavy (non-hydrogen) atoms. The maximum absolute atomic E-state index is 12.2. The Hall–Kier alpha value is -2.12. The minimum absolute atomic E-state index is 0.145. The van der Waals surface area contributed by atoms with Crippen molar-refractivity contribution in [3.63, 3.8) is 0 Å². The van der Waals surface area contributed by atoms with Crippen molar-refractivity contribution in [2.45, 2.75) is 19.9 Å². The first-order chi connectivity index (χ1) is 13.3. The lowest BCUT2D eigenvalue weighted by Gasteiger charge is -2.33. The number of anilines is 1. The lowest BCUT2D eigenvalue weighted by molar-refractivity contribution is -1.02. The zero-order valence-corrected chi connectivity index (χ0v) is 18.0. The van der Waals surface area contributed by atoms with Crippen molar-refractivity contribution in [3.8, 4) is 0 Å². The molecule has 2 rings (SSSR count). The van der Waals surface area contributed by atoms with E-state index < -0.39 is 11.8 Å². The average molecular weight is 392 g/mol. The molecule has 1 aromatic rings. The van der Waals surface area contributed by atoms with Gasteiger partial charge in [-0.3, -0.25) is 9.59 Å². The molecule has 0 radical (unpaired) electrons. The van der Waals surface area contributed by atoms with Crippen molar-refractivity contribution in [1.82, 2.24) is 10.6 Å². The van der Waals surface area contributed by atoms with Gasteiger partial charge in [-0.1, -0.05) is 26.0 Å². The number of benzene rings is 1. The molecule has 0 aromatic heterocycles. The van der Waals surface area contributed by atoms with Gasteiger partial charge in [-0.2, -0.15) is 0 Å². The van der Waals surface area contributed by atoms with E-state index in [2.05, 4.69) is 46.8 Å². The minimum atomic E-state index is -0.548. The normalized spacial score (nSPS) is 20.5. The summed E-state index contributed by atoms with van der Waals surface area (Å²) in [6.45, 7) is 9.32. The summed E-state index contributed by atoms with van der Waals surface area (Å²) in [5.41, 5.74) is 2.35. The summed E-state index contributed by atoms with van der Waals surface area (Å²) < 4.78 is 0. The summed E-state index contributed by atoms with van der Waals surface area (Å²) in [5, 5.41) is 5.55. The third kappa shape index (κ3) is 6.49. The summed E-state index contributed by atoms with van der Waals surface area (Å²) in [6, 6.07) is 8.65. The van der Waals surface area contributed by atoms with Crippen molar-refractivity contribution in [1.29, 1.82) is 0 Å². The first-order valence-corrected chi connectivity index (χ1v) is 10.3. The number of carbonyl (C=O) groups excluding carboxylic acids is 2. The number of rotatable bonds is 7. The fourth-order valence-corrected chi connectivity index (χ4v) is 3.50. The number of hydrogen-bond acceptors (Lipinski definition) is 3. The highest BCUT2D eigenvalue weighted by Crippen LogP contribution is 2.16. The van der Waals surface area contributed by atoms with Crippen LogP contribution in [0.15, 0.2) is 24.3 Å². The maximum Gasteiger partial charge on any atom is 0.309 e. The van der Waals surface area contributed by atoms with Gasteiger partial charge in [0.25, 0.3) is 0 Å². The van der Waals surface area contributed by atoms with E-state index in [1.54, 1.807) is 4.90 Å². The Kier molecular flexibility index (Phi) is 8.26. The molecule has 1 atom stereocenters. The number of nitrogens with zero attached hydrogens (tertiary/aromatic N) is 1. The minimum Gasteiger partial charge on any atom is -0.378 e. The van der Waals surface area contributed by atoms with Gasteiger partial charge in [-0.15, -0.1) is 0 Å². The molecule has 0 aliphatic carbocycles. The van der Waals surface area contributed by atoms with E-state index in [0.717, 1.165) is 31.9 Å². The molecule has 1 aliphatic heterocycles. The number of piperazine rings is 1. The molecule has 156 valence electrons. The van der Waals surface area contributed by atoms with Crippen LogP contribution in [0.25, 0.3) is 0 Å². The van der Waals surface area contributed by atoms with Crippen LogP contribution in [0.5, 0.6) is 0 Å². The smallest absolute Gasteiger partial charge is 0.309 e. The highest BCUT2D eigenvalue weighted by Gasteiger charge is 2.30. The quantitative estimate of drug-likeness (QED) is 0.410. The second-order valence-corrected chi connectivity index (χ2v) is 8.47. The van der Waals surface area contributed by atoms with Crippen LogP contribution in [-0.4, -0.2) is 72.2 Å². The third-order valence-corrected chi connectivity index (χ3v) is 5.39. The van der Waals surface area contributed by atoms with Gasteiger partial charge in [0, 0.05) is 31.9 Å². The second kappa shape index (κ2) is 10.4. The van der Waals surface area contributed by atoms with E-state index in [0.29, 0.717) is 19.0 Å². The molecule has 1 saturated heterocycles. The fourth-order valence-electron chi connectivity index (χ4n) is 3.50. The summed E-state index contributed by atoms with van der Waals surface area (Å²) in [4.78, 5) is 29.3. The predicted octanol–water partition coefficient (Wildman–Crippen LogP) is -1.90. The summed E-state index contributed by atoms with van der Waals surface area (Å²) in [6.07, 6.45) is 0. The zero-order chi connectivity index (χ0) is 20.7. The van der Waals surface area contributed by atoms with Crippen molar-refractivity contribution >= 4 is 17.5 Å². The van der Waals surface area contributed by atoms with Crippen LogP contribution >= 0.6 is 0 Å². The number of hydrogen-bond donors (Lipinski definition) is 4. The van der Waals surface area contributed by atoms with Crippen molar-refractivity contribution in [3.05, 3.63) is 29.8 Å². The average Bonchev–Trinajstić information content (AvgIpc) is 2.67. The third-order valence-electron chi connectivity index (χ3n) is 5.39. The molecule has 1 aliphatic rings. The molecule has 1 heterocycles. The van der Waals surface area contributed by atoms with Gasteiger partial charge in [0.2, 0.25) is 0 Å². The monoisotopic (exact) mass is 391 g/mol. The van der Waals surface area contributed by atoms with Gasteiger partial charge in [0.1, 0.15) is 32.2 Å². The van der Waals surface area contributed by atoms with Crippen molar-refractivity contribution in [2.24, 2.45) is 5.92 Å². The Morgan fingerprint density at radius 3 is 2.00 bits per heavy atom. The molecule has 4 N–H and O–H groups in total. The predicted molar refractivity (Wildman–Crippen MR) is 112 cm³/mol. The van der Waals surface area contributed by atoms with Crippen LogP contribution in [0.4, 0.5) is 5.69 Å². The second-order valence-electron chi connectivity index (χ2n) is 8.47. The van der Waals surface area contributed by atoms with Crippen molar-refractivity contribution < 1.29 is 19.4 Å². The molecule has 0 unspecified atom stereocenters. The van der Waals surface area contributed by atoms with Gasteiger partial charge >= 0.3 is 11.8 Å². The molecule has 1 fully saturated rings. The van der Waals surface area contributed by atoms with E-state index in [1.165, 1.54) is 10.5 Å². The SMILES string of the molecule is CC(C)CNC(=O)C(=O)NC[C@H](c1ccc(N(C)C)cc1)[NH+]1CC[NH+](C)CC1. The van der Waals surface area contributed by atoms with Crippen LogP contribution in [0.1, 0.15) is 25.5 Å². The molecule has 1 aromatic carbocycles. The number of nitrogens with one attached hydrogen (secondary N) is 4. The van der Waals surface area contributed by atoms with Crippen LogP contribution in [0, 0.1) is 5.92 Å². The van der Waals surface area contributed by atoms with E-state index >= 15 is 0 Å². The molecule has 7 nitrogen and oxygen atoms in total. The summed E-state index contributed by atoms with van der Waals surface area (Å²) in [5.74, 6) is -0.778. The van der Waals surface area contributed by atoms with E-state index in [-0.39, 0.29) is 6.04 Å². The van der Waals surface area contributed by atoms with Gasteiger partial charge in [0.05, 0.1) is 13.6 Å². The fraction of sp³-hybridized carbons (Fsp3) is 0.619. The highest BCUT2D eigenvalue weighted by molar-refractivity contribution is 6.35. The highest BCUT2D eigenvalue weighted by atomic mass is 16.2. The lowest BCUT2D eigenvalue weighted by Crippen LogP contribution is -3.27. The van der Waals surface area contributed by atoms with Gasteiger partial charge in [-0.25, -0.2) is 0 Å². The first kappa shape index (κ1) is 22.2. The number of quaternary nitrogens is 2. The largest absolute Gasteiger partial charge is 0.378 e. The molecule has 7 heteroatoms. The van der Waals surface area contributed by atoms with E-state index in [9.17, 15) is 9.59 Å². The van der Waals surface area contributed by atoms with Gasteiger partial charge in [0.15, 0.2) is 0 Å². The molecule has 0 spiro atoms. The lowest BCUT2D eigenvalue weighted by atomic mass is 10.0. The molecular formula is C21H37N5O2+2. The first-order valence-electron chi connectivity index (χ1n) is 10.3. The number of amides is 2. The maximum atomic E-state index is 12.2. The molecular weight excluding hydrogens is 354 g/mol. The summed E-state index contributed by atoms with van der Waals surface area (Å²) >= 11 is 0. The Labute approximate surface area is 169 Å². The van der Waals surface area contributed by atoms with Crippen LogP contribution in [0.2, 0.25) is 0 Å². The zero-order valence-electron chi connectivity index (χ0n) is 18.0. The number of likely N-dealkylation sites (N-methyl/N-ethyl adjacent to an activating group) is 1. The van der Waals surface area contributed by atoms with Gasteiger partial charge in [-0.05, 0) is 18.1 Å².